The van der Waals surface area contributed by atoms with E-state index in [1.807, 2.05) is 13.8 Å². The van der Waals surface area contributed by atoms with Gasteiger partial charge in [0.2, 0.25) is 0 Å². The van der Waals surface area contributed by atoms with E-state index in [4.69, 9.17) is 0 Å². The van der Waals surface area contributed by atoms with E-state index < -0.39 is 16.6 Å². The van der Waals surface area contributed by atoms with Crippen LogP contribution in [0.4, 0.5) is 10.1 Å². The number of nitro groups is 1. The molecule has 5 nitrogen and oxygen atoms in total. The molecule has 0 heterocycles. The zero-order chi connectivity index (χ0) is 14.6. The molecular formula is C13H17FN2O3. The van der Waals surface area contributed by atoms with Crippen molar-refractivity contribution >= 4 is 11.6 Å². The average molecular weight is 268 g/mol. The maximum atomic E-state index is 13.7. The van der Waals surface area contributed by atoms with E-state index in [1.165, 1.54) is 4.90 Å². The molecule has 104 valence electrons. The van der Waals surface area contributed by atoms with Crippen molar-refractivity contribution in [2.24, 2.45) is 5.92 Å². The number of hydrogen-bond acceptors (Lipinski definition) is 3. The summed E-state index contributed by atoms with van der Waals surface area (Å²) in [5, 5.41) is 10.5. The van der Waals surface area contributed by atoms with Crippen molar-refractivity contribution in [2.45, 2.75) is 20.3 Å². The van der Waals surface area contributed by atoms with Crippen LogP contribution >= 0.6 is 0 Å². The maximum absolute atomic E-state index is 13.7. The number of nitro benzene ring substituents is 1. The summed E-state index contributed by atoms with van der Waals surface area (Å²) in [6, 6.07) is 3.05. The van der Waals surface area contributed by atoms with E-state index in [9.17, 15) is 19.3 Å². The normalized spacial score (nSPS) is 10.6. The van der Waals surface area contributed by atoms with Gasteiger partial charge in [-0.1, -0.05) is 13.8 Å². The monoisotopic (exact) mass is 268 g/mol. The largest absolute Gasteiger partial charge is 0.342 e. The van der Waals surface area contributed by atoms with Gasteiger partial charge >= 0.3 is 0 Å². The lowest BCUT2D eigenvalue weighted by Crippen LogP contribution is -2.29. The molecule has 1 aromatic carbocycles. The van der Waals surface area contributed by atoms with E-state index in [0.717, 1.165) is 24.6 Å². The van der Waals surface area contributed by atoms with Crippen LogP contribution in [0.5, 0.6) is 0 Å². The number of nitrogens with zero attached hydrogens (tertiary/aromatic N) is 2. The Morgan fingerprint density at radius 3 is 2.58 bits per heavy atom. The van der Waals surface area contributed by atoms with E-state index in [2.05, 4.69) is 0 Å². The lowest BCUT2D eigenvalue weighted by atomic mass is 10.1. The van der Waals surface area contributed by atoms with Crippen LogP contribution in [-0.4, -0.2) is 29.3 Å². The van der Waals surface area contributed by atoms with Crippen molar-refractivity contribution in [1.29, 1.82) is 0 Å². The second-order valence-corrected chi connectivity index (χ2v) is 4.83. The van der Waals surface area contributed by atoms with Gasteiger partial charge in [-0.3, -0.25) is 14.9 Å². The van der Waals surface area contributed by atoms with Gasteiger partial charge in [0.1, 0.15) is 5.82 Å². The van der Waals surface area contributed by atoms with E-state index in [-0.39, 0.29) is 11.3 Å². The summed E-state index contributed by atoms with van der Waals surface area (Å²) < 4.78 is 13.7. The van der Waals surface area contributed by atoms with Gasteiger partial charge in [-0.2, -0.15) is 0 Å². The van der Waals surface area contributed by atoms with Crippen LogP contribution in [0.1, 0.15) is 30.6 Å². The van der Waals surface area contributed by atoms with Crippen LogP contribution in [0, 0.1) is 21.8 Å². The van der Waals surface area contributed by atoms with Gasteiger partial charge in [0.15, 0.2) is 0 Å². The standard InChI is InChI=1S/C13H17FN2O3/c1-9(2)6-7-15(3)13(17)11-5-4-10(16(18)19)8-12(11)14/h4-5,8-9H,6-7H2,1-3H3. The smallest absolute Gasteiger partial charge is 0.272 e. The van der Waals surface area contributed by atoms with Crippen molar-refractivity contribution in [3.63, 3.8) is 0 Å². The molecule has 0 radical (unpaired) electrons. The highest BCUT2D eigenvalue weighted by Crippen LogP contribution is 2.18. The number of halogens is 1. The molecule has 0 unspecified atom stereocenters. The summed E-state index contributed by atoms with van der Waals surface area (Å²) in [4.78, 5) is 23.2. The molecule has 1 aromatic rings. The van der Waals surface area contributed by atoms with E-state index in [0.29, 0.717) is 12.5 Å². The molecule has 0 saturated heterocycles. The third-order valence-corrected chi connectivity index (χ3v) is 2.78. The Morgan fingerprint density at radius 2 is 2.11 bits per heavy atom. The Morgan fingerprint density at radius 1 is 1.47 bits per heavy atom. The van der Waals surface area contributed by atoms with Crippen molar-refractivity contribution in [3.05, 3.63) is 39.7 Å². The molecule has 19 heavy (non-hydrogen) atoms. The van der Waals surface area contributed by atoms with Gasteiger partial charge in [-0.05, 0) is 18.4 Å². The summed E-state index contributed by atoms with van der Waals surface area (Å²) in [5.41, 5.74) is -0.504. The fourth-order valence-corrected chi connectivity index (χ4v) is 1.55. The van der Waals surface area contributed by atoms with Gasteiger partial charge in [0.05, 0.1) is 16.6 Å². The number of non-ortho nitro benzene ring substituents is 1. The number of carbonyl (C=O) groups excluding carboxylic acids is 1. The quantitative estimate of drug-likeness (QED) is 0.609. The first-order valence-electron chi connectivity index (χ1n) is 6.02. The predicted molar refractivity (Wildman–Crippen MR) is 69.5 cm³/mol. The molecule has 1 rings (SSSR count). The highest BCUT2D eigenvalue weighted by molar-refractivity contribution is 5.94. The molecule has 6 heteroatoms. The number of amides is 1. The van der Waals surface area contributed by atoms with E-state index in [1.54, 1.807) is 7.05 Å². The molecule has 0 aliphatic carbocycles. The molecule has 0 spiro atoms. The molecule has 0 bridgehead atoms. The third kappa shape index (κ3) is 4.01. The summed E-state index contributed by atoms with van der Waals surface area (Å²) in [5.74, 6) is -0.888. The Bertz CT molecular complexity index is 489. The second-order valence-electron chi connectivity index (χ2n) is 4.83. The number of carbonyl (C=O) groups is 1. The first-order valence-corrected chi connectivity index (χ1v) is 6.02. The zero-order valence-electron chi connectivity index (χ0n) is 11.2. The fourth-order valence-electron chi connectivity index (χ4n) is 1.55. The molecule has 0 aliphatic heterocycles. The van der Waals surface area contributed by atoms with Crippen LogP contribution in [0.3, 0.4) is 0 Å². The van der Waals surface area contributed by atoms with Crippen molar-refractivity contribution < 1.29 is 14.1 Å². The van der Waals surface area contributed by atoms with Crippen LogP contribution in [0.15, 0.2) is 18.2 Å². The maximum Gasteiger partial charge on any atom is 0.272 e. The fraction of sp³-hybridized carbons (Fsp3) is 0.462. The molecule has 0 aromatic heterocycles. The molecule has 0 fully saturated rings. The summed E-state index contributed by atoms with van der Waals surface area (Å²) in [6.07, 6.45) is 0.816. The third-order valence-electron chi connectivity index (χ3n) is 2.78. The van der Waals surface area contributed by atoms with Crippen LogP contribution < -0.4 is 0 Å². The Balaban J connectivity index is 2.85. The van der Waals surface area contributed by atoms with Crippen LogP contribution in [-0.2, 0) is 0 Å². The summed E-state index contributed by atoms with van der Waals surface area (Å²) in [6.45, 7) is 4.59. The lowest BCUT2D eigenvalue weighted by molar-refractivity contribution is -0.385. The van der Waals surface area contributed by atoms with Crippen molar-refractivity contribution in [1.82, 2.24) is 4.90 Å². The SMILES string of the molecule is CC(C)CCN(C)C(=O)c1ccc([N+](=O)[O-])cc1F. The molecule has 1 amide bonds. The molecular weight excluding hydrogens is 251 g/mol. The Labute approximate surface area is 111 Å². The van der Waals surface area contributed by atoms with Gasteiger partial charge in [0.25, 0.3) is 11.6 Å². The Kier molecular flexibility index (Phi) is 4.97. The number of benzene rings is 1. The second kappa shape index (κ2) is 6.26. The van der Waals surface area contributed by atoms with Gasteiger partial charge in [0, 0.05) is 19.7 Å². The topological polar surface area (TPSA) is 63.5 Å². The average Bonchev–Trinajstić information content (AvgIpc) is 2.34. The van der Waals surface area contributed by atoms with Gasteiger partial charge in [-0.25, -0.2) is 4.39 Å². The van der Waals surface area contributed by atoms with Gasteiger partial charge in [-0.15, -0.1) is 0 Å². The molecule has 0 atom stereocenters. The lowest BCUT2D eigenvalue weighted by Gasteiger charge is -2.18. The minimum Gasteiger partial charge on any atom is -0.342 e. The van der Waals surface area contributed by atoms with Crippen LogP contribution in [0.2, 0.25) is 0 Å². The minimum atomic E-state index is -0.865. The highest BCUT2D eigenvalue weighted by Gasteiger charge is 2.19. The minimum absolute atomic E-state index is 0.142. The predicted octanol–water partition coefficient (Wildman–Crippen LogP) is 2.85. The van der Waals surface area contributed by atoms with Crippen molar-refractivity contribution in [2.75, 3.05) is 13.6 Å². The van der Waals surface area contributed by atoms with Gasteiger partial charge < -0.3 is 4.90 Å². The summed E-state index contributed by atoms with van der Waals surface area (Å²) in [7, 11) is 1.59. The Hall–Kier alpha value is -1.98. The highest BCUT2D eigenvalue weighted by atomic mass is 19.1. The first kappa shape index (κ1) is 15.1. The van der Waals surface area contributed by atoms with Crippen molar-refractivity contribution in [3.8, 4) is 0 Å². The summed E-state index contributed by atoms with van der Waals surface area (Å²) >= 11 is 0. The first-order chi connectivity index (χ1) is 8.82. The molecule has 0 aliphatic rings. The van der Waals surface area contributed by atoms with Crippen LogP contribution in [0.25, 0.3) is 0 Å². The number of hydrogen-bond donors (Lipinski definition) is 0. The molecule has 0 saturated carbocycles. The molecule has 0 N–H and O–H groups in total. The number of rotatable bonds is 5. The van der Waals surface area contributed by atoms with E-state index >= 15 is 0 Å². The zero-order valence-corrected chi connectivity index (χ0v) is 11.2.